The Morgan fingerprint density at radius 2 is 2.03 bits per heavy atom. The van der Waals surface area contributed by atoms with Gasteiger partial charge in [0.05, 0.1) is 0 Å². The average Bonchev–Trinajstić information content (AvgIpc) is 2.97. The van der Waals surface area contributed by atoms with Gasteiger partial charge in [0.15, 0.2) is 0 Å². The molecule has 1 N–H and O–H groups in total. The highest BCUT2D eigenvalue weighted by Crippen LogP contribution is 2.84. The number of aliphatic hydroxyl groups is 1. The van der Waals surface area contributed by atoms with Gasteiger partial charge in [-0.3, -0.25) is 4.90 Å². The van der Waals surface area contributed by atoms with Crippen LogP contribution in [0.2, 0.25) is 0 Å². The number of rotatable bonds is 3. The molecule has 2 heterocycles. The van der Waals surface area contributed by atoms with Gasteiger partial charge in [-0.25, -0.2) is 0 Å². The van der Waals surface area contributed by atoms with E-state index in [4.69, 9.17) is 0 Å². The van der Waals surface area contributed by atoms with E-state index < -0.39 is 0 Å². The van der Waals surface area contributed by atoms with Gasteiger partial charge >= 0.3 is 0 Å². The summed E-state index contributed by atoms with van der Waals surface area (Å²) < 4.78 is 0. The van der Waals surface area contributed by atoms with E-state index >= 15 is 0 Å². The Hall–Kier alpha value is -0.860. The van der Waals surface area contributed by atoms with Crippen LogP contribution in [-0.4, -0.2) is 34.7 Å². The summed E-state index contributed by atoms with van der Waals surface area (Å²) in [6, 6.07) is 0.705. The van der Waals surface area contributed by atoms with Gasteiger partial charge in [-0.2, -0.15) is 0 Å². The zero-order valence-corrected chi connectivity index (χ0v) is 21.2. The van der Waals surface area contributed by atoms with E-state index in [0.717, 1.165) is 24.2 Å². The Kier molecular flexibility index (Phi) is 3.76. The number of fused-ring (bicyclic) bond motifs is 1. The summed E-state index contributed by atoms with van der Waals surface area (Å²) >= 11 is 0. The zero-order valence-electron chi connectivity index (χ0n) is 21.2. The Balaban J connectivity index is 1.30. The molecule has 4 saturated carbocycles. The highest BCUT2D eigenvalue weighted by atomic mass is 16.2. The molecule has 8 rings (SSSR count). The molecule has 2 aliphatic heterocycles. The van der Waals surface area contributed by atoms with Crippen LogP contribution in [0.15, 0.2) is 33.9 Å². The first-order valence-electron chi connectivity index (χ1n) is 14.4. The molecule has 0 aromatic rings. The minimum atomic E-state index is 0.373. The molecular weight excluding hydrogens is 402 g/mol. The SMILES string of the molecule is CC1=C2CC34CCC(C)C2(CC1)C3(C)CC1=CCC2=C1C4N1CC13CCC(CCCO)C3C2. The van der Waals surface area contributed by atoms with Gasteiger partial charge < -0.3 is 5.11 Å². The summed E-state index contributed by atoms with van der Waals surface area (Å²) in [7, 11) is 0. The Morgan fingerprint density at radius 3 is 2.88 bits per heavy atom. The second-order valence-electron chi connectivity index (χ2n) is 14.1. The molecule has 0 aromatic heterocycles. The van der Waals surface area contributed by atoms with E-state index in [1.807, 2.05) is 16.7 Å². The maximum atomic E-state index is 9.54. The smallest absolute Gasteiger partial charge is 0.0431 e. The molecule has 2 heteroatoms. The lowest BCUT2D eigenvalue weighted by molar-refractivity contribution is -0.118. The van der Waals surface area contributed by atoms with Crippen molar-refractivity contribution in [2.45, 2.75) is 109 Å². The van der Waals surface area contributed by atoms with E-state index in [0.29, 0.717) is 34.4 Å². The summed E-state index contributed by atoms with van der Waals surface area (Å²) in [4.78, 5) is 3.12. The quantitative estimate of drug-likeness (QED) is 0.392. The third kappa shape index (κ3) is 1.99. The van der Waals surface area contributed by atoms with Crippen molar-refractivity contribution < 1.29 is 5.11 Å². The monoisotopic (exact) mass is 445 g/mol. The first-order chi connectivity index (χ1) is 15.9. The van der Waals surface area contributed by atoms with Crippen molar-refractivity contribution >= 4 is 0 Å². The van der Waals surface area contributed by atoms with E-state index in [-0.39, 0.29) is 0 Å². The van der Waals surface area contributed by atoms with Crippen LogP contribution < -0.4 is 0 Å². The molecule has 178 valence electrons. The van der Waals surface area contributed by atoms with Gasteiger partial charge in [0.1, 0.15) is 0 Å². The van der Waals surface area contributed by atoms with Crippen LogP contribution in [0.25, 0.3) is 0 Å². The van der Waals surface area contributed by atoms with Gasteiger partial charge in [0.2, 0.25) is 0 Å². The topological polar surface area (TPSA) is 23.2 Å². The Labute approximate surface area is 200 Å². The second kappa shape index (κ2) is 6.09. The average molecular weight is 446 g/mol. The first kappa shape index (κ1) is 20.3. The number of nitrogens with zero attached hydrogens (tertiary/aromatic N) is 1. The highest BCUT2D eigenvalue weighted by Gasteiger charge is 2.79. The Morgan fingerprint density at radius 1 is 1.15 bits per heavy atom. The molecule has 2 nitrogen and oxygen atoms in total. The molecule has 0 aromatic carbocycles. The van der Waals surface area contributed by atoms with Crippen LogP contribution in [0.5, 0.6) is 0 Å². The Bertz CT molecular complexity index is 1050. The van der Waals surface area contributed by atoms with Crippen molar-refractivity contribution in [1.29, 1.82) is 0 Å². The van der Waals surface area contributed by atoms with Crippen molar-refractivity contribution in [3.63, 3.8) is 0 Å². The third-order valence-electron chi connectivity index (χ3n) is 13.7. The number of aliphatic hydroxyl groups excluding tert-OH is 1. The van der Waals surface area contributed by atoms with Crippen LogP contribution in [0.4, 0.5) is 0 Å². The molecule has 6 aliphatic carbocycles. The molecule has 9 atom stereocenters. The van der Waals surface area contributed by atoms with Crippen molar-refractivity contribution in [2.24, 2.45) is 34.0 Å². The minimum absolute atomic E-state index is 0.373. The van der Waals surface area contributed by atoms with Crippen LogP contribution in [0.1, 0.15) is 97.8 Å². The molecule has 0 radical (unpaired) electrons. The maximum Gasteiger partial charge on any atom is 0.0431 e. The van der Waals surface area contributed by atoms with E-state index in [2.05, 4.69) is 31.7 Å². The summed E-state index contributed by atoms with van der Waals surface area (Å²) in [5, 5.41) is 9.54. The molecule has 1 saturated heterocycles. The predicted molar refractivity (Wildman–Crippen MR) is 133 cm³/mol. The van der Waals surface area contributed by atoms with Crippen molar-refractivity contribution in [3.8, 4) is 0 Å². The third-order valence-corrected chi connectivity index (χ3v) is 13.7. The fourth-order valence-electron chi connectivity index (χ4n) is 12.3. The standard InChI is InChI=1S/C31H43NO/c1-19-8-13-31-20(2)9-11-29(17-25(19)31)27-26-22(6-7-23(26)16-28(29,31)3)15-24-21(5-4-14-33)10-12-30(24)18-32(27)30/h7,20-21,24,27,33H,4-6,8-18H2,1-3H3. The molecule has 5 fully saturated rings. The van der Waals surface area contributed by atoms with Crippen LogP contribution >= 0.6 is 0 Å². The number of allylic oxidation sites excluding steroid dienone is 4. The molecule has 2 bridgehead atoms. The van der Waals surface area contributed by atoms with E-state index in [1.54, 1.807) is 11.1 Å². The largest absolute Gasteiger partial charge is 0.396 e. The van der Waals surface area contributed by atoms with Crippen molar-refractivity contribution in [2.75, 3.05) is 13.2 Å². The summed E-state index contributed by atoms with van der Waals surface area (Å²) in [5.74, 6) is 2.55. The summed E-state index contributed by atoms with van der Waals surface area (Å²) in [6.45, 7) is 9.67. The molecule has 0 amide bonds. The second-order valence-corrected chi connectivity index (χ2v) is 14.1. The van der Waals surface area contributed by atoms with Crippen LogP contribution in [0, 0.1) is 34.0 Å². The molecular formula is C31H43NO. The van der Waals surface area contributed by atoms with Crippen molar-refractivity contribution in [3.05, 3.63) is 33.9 Å². The van der Waals surface area contributed by atoms with Gasteiger partial charge in [-0.05, 0) is 118 Å². The summed E-state index contributed by atoms with van der Waals surface area (Å²) in [6.07, 6.45) is 18.9. The maximum absolute atomic E-state index is 9.54. The van der Waals surface area contributed by atoms with E-state index in [1.165, 1.54) is 77.2 Å². The van der Waals surface area contributed by atoms with E-state index in [9.17, 15) is 5.11 Å². The van der Waals surface area contributed by atoms with Gasteiger partial charge in [0, 0.05) is 35.6 Å². The van der Waals surface area contributed by atoms with Crippen LogP contribution in [-0.2, 0) is 0 Å². The van der Waals surface area contributed by atoms with Crippen molar-refractivity contribution in [1.82, 2.24) is 4.90 Å². The highest BCUT2D eigenvalue weighted by molar-refractivity contribution is 5.58. The first-order valence-corrected chi connectivity index (χ1v) is 14.4. The normalized spacial score (nSPS) is 55.0. The molecule has 33 heavy (non-hydrogen) atoms. The number of hydrogen-bond acceptors (Lipinski definition) is 2. The molecule has 9 unspecified atom stereocenters. The molecule has 8 aliphatic rings. The van der Waals surface area contributed by atoms with Gasteiger partial charge in [-0.15, -0.1) is 0 Å². The summed E-state index contributed by atoms with van der Waals surface area (Å²) in [5.41, 5.74) is 11.2. The van der Waals surface area contributed by atoms with Gasteiger partial charge in [0.25, 0.3) is 0 Å². The van der Waals surface area contributed by atoms with Gasteiger partial charge in [-0.1, -0.05) is 36.6 Å². The fraction of sp³-hybridized carbons (Fsp3) is 0.806. The predicted octanol–water partition coefficient (Wildman–Crippen LogP) is 6.57. The number of hydrogen-bond donors (Lipinski definition) is 1. The molecule has 2 spiro atoms. The minimum Gasteiger partial charge on any atom is -0.396 e. The lowest BCUT2D eigenvalue weighted by atomic mass is 9.41. The lowest BCUT2D eigenvalue weighted by Gasteiger charge is -2.64. The van der Waals surface area contributed by atoms with Crippen LogP contribution in [0.3, 0.4) is 0 Å². The fourth-order valence-corrected chi connectivity index (χ4v) is 12.3. The lowest BCUT2D eigenvalue weighted by Crippen LogP contribution is -2.61. The zero-order chi connectivity index (χ0) is 22.4.